The van der Waals surface area contributed by atoms with Crippen LogP contribution in [0.2, 0.25) is 0 Å². The number of nitrogens with zero attached hydrogens (tertiary/aromatic N) is 2. The molecular weight excluding hydrogens is 332 g/mol. The quantitative estimate of drug-likeness (QED) is 0.674. The molecule has 3 aromatic rings. The molecule has 0 fully saturated rings. The van der Waals surface area contributed by atoms with E-state index in [1.54, 1.807) is 34.8 Å². The molecule has 26 heavy (non-hydrogen) atoms. The normalized spacial score (nSPS) is 10.5. The van der Waals surface area contributed by atoms with E-state index >= 15 is 0 Å². The molecule has 6 nitrogen and oxygen atoms in total. The molecule has 0 amide bonds. The molecule has 6 heteroatoms. The molecule has 2 aromatic carbocycles. The maximum Gasteiger partial charge on any atom is 0.164 e. The number of methoxy groups -OCH3 is 4. The number of benzene rings is 2. The van der Waals surface area contributed by atoms with E-state index in [0.29, 0.717) is 17.2 Å². The third kappa shape index (κ3) is 3.06. The third-order valence-corrected chi connectivity index (χ3v) is 4.26. The predicted molar refractivity (Wildman–Crippen MR) is 100 cm³/mol. The largest absolute Gasteiger partial charge is 0.497 e. The number of aryl methyl sites for hydroxylation is 1. The molecule has 0 spiro atoms. The topological polar surface area (TPSA) is 54.7 Å². The molecule has 0 saturated heterocycles. The highest BCUT2D eigenvalue weighted by Gasteiger charge is 2.20. The minimum Gasteiger partial charge on any atom is -0.497 e. The molecule has 0 radical (unpaired) electrons. The highest BCUT2D eigenvalue weighted by molar-refractivity contribution is 5.83. The second-order valence-electron chi connectivity index (χ2n) is 5.69. The molecular formula is C20H22N2O4. The number of rotatable bonds is 6. The predicted octanol–water partition coefficient (Wildman–Crippen LogP) is 3.79. The van der Waals surface area contributed by atoms with E-state index in [4.69, 9.17) is 18.9 Å². The lowest BCUT2D eigenvalue weighted by Crippen LogP contribution is -1.98. The Labute approximate surface area is 152 Å². The van der Waals surface area contributed by atoms with Crippen molar-refractivity contribution in [3.8, 4) is 45.5 Å². The number of hydrogen-bond acceptors (Lipinski definition) is 5. The van der Waals surface area contributed by atoms with Crippen LogP contribution in [0, 0.1) is 0 Å². The van der Waals surface area contributed by atoms with Gasteiger partial charge in [0.1, 0.15) is 11.5 Å². The molecule has 0 atom stereocenters. The molecule has 1 aromatic heterocycles. The first-order valence-electron chi connectivity index (χ1n) is 8.09. The summed E-state index contributed by atoms with van der Waals surface area (Å²) in [5, 5.41) is 0. The van der Waals surface area contributed by atoms with E-state index in [1.165, 1.54) is 0 Å². The number of aromatic nitrogens is 2. The van der Waals surface area contributed by atoms with Crippen LogP contribution in [0.3, 0.4) is 0 Å². The summed E-state index contributed by atoms with van der Waals surface area (Å²) in [4.78, 5) is 4.59. The standard InChI is InChI=1S/C20H22N2O4/c1-22-12-21-19(13-6-8-14(23-2)9-7-13)20(22)15-10-17(25-4)18(26-5)11-16(15)24-3/h6-12H,1-5H3. The van der Waals surface area contributed by atoms with Gasteiger partial charge in [-0.15, -0.1) is 0 Å². The zero-order valence-electron chi connectivity index (χ0n) is 15.6. The Balaban J connectivity index is 2.19. The zero-order valence-corrected chi connectivity index (χ0v) is 15.6. The van der Waals surface area contributed by atoms with Crippen LogP contribution in [0.1, 0.15) is 0 Å². The first-order valence-corrected chi connectivity index (χ1v) is 8.09. The van der Waals surface area contributed by atoms with Crippen molar-refractivity contribution in [3.63, 3.8) is 0 Å². The van der Waals surface area contributed by atoms with Gasteiger partial charge in [0.25, 0.3) is 0 Å². The summed E-state index contributed by atoms with van der Waals surface area (Å²) in [6.07, 6.45) is 1.78. The van der Waals surface area contributed by atoms with Gasteiger partial charge in [0.15, 0.2) is 11.5 Å². The van der Waals surface area contributed by atoms with E-state index in [9.17, 15) is 0 Å². The fourth-order valence-electron chi connectivity index (χ4n) is 2.92. The summed E-state index contributed by atoms with van der Waals surface area (Å²) in [7, 11) is 8.45. The lowest BCUT2D eigenvalue weighted by molar-refractivity contribution is 0.349. The Bertz CT molecular complexity index is 901. The van der Waals surface area contributed by atoms with Crippen molar-refractivity contribution in [1.82, 2.24) is 9.55 Å². The van der Waals surface area contributed by atoms with Crippen molar-refractivity contribution in [2.75, 3.05) is 28.4 Å². The Morgan fingerprint density at radius 3 is 1.96 bits per heavy atom. The molecule has 136 valence electrons. The Morgan fingerprint density at radius 1 is 0.769 bits per heavy atom. The summed E-state index contributed by atoms with van der Waals surface area (Å²) in [6, 6.07) is 11.5. The smallest absolute Gasteiger partial charge is 0.164 e. The van der Waals surface area contributed by atoms with Gasteiger partial charge in [-0.3, -0.25) is 0 Å². The summed E-state index contributed by atoms with van der Waals surface area (Å²) in [6.45, 7) is 0. The maximum atomic E-state index is 5.60. The van der Waals surface area contributed by atoms with Crippen molar-refractivity contribution in [1.29, 1.82) is 0 Å². The van der Waals surface area contributed by atoms with Crippen LogP contribution in [0.25, 0.3) is 22.5 Å². The minimum absolute atomic E-state index is 0.612. The van der Waals surface area contributed by atoms with Gasteiger partial charge in [-0.05, 0) is 30.3 Å². The Hall–Kier alpha value is -3.15. The third-order valence-electron chi connectivity index (χ3n) is 4.26. The summed E-state index contributed by atoms with van der Waals surface area (Å²) >= 11 is 0. The van der Waals surface area contributed by atoms with Crippen LogP contribution >= 0.6 is 0 Å². The van der Waals surface area contributed by atoms with Crippen molar-refractivity contribution in [2.24, 2.45) is 7.05 Å². The molecule has 0 N–H and O–H groups in total. The fourth-order valence-corrected chi connectivity index (χ4v) is 2.92. The van der Waals surface area contributed by atoms with Crippen molar-refractivity contribution in [3.05, 3.63) is 42.7 Å². The average Bonchev–Trinajstić information content (AvgIpc) is 3.08. The molecule has 1 heterocycles. The SMILES string of the molecule is COc1ccc(-c2ncn(C)c2-c2cc(OC)c(OC)cc2OC)cc1. The zero-order chi connectivity index (χ0) is 18.7. The molecule has 0 unspecified atom stereocenters. The number of ether oxygens (including phenoxy) is 4. The van der Waals surface area contributed by atoms with Crippen molar-refractivity contribution < 1.29 is 18.9 Å². The lowest BCUT2D eigenvalue weighted by atomic mass is 10.0. The first-order chi connectivity index (χ1) is 12.6. The fraction of sp³-hybridized carbons (Fsp3) is 0.250. The Kier molecular flexibility index (Phi) is 5.02. The highest BCUT2D eigenvalue weighted by Crippen LogP contribution is 2.42. The van der Waals surface area contributed by atoms with E-state index in [0.717, 1.165) is 28.3 Å². The summed E-state index contributed by atoms with van der Waals surface area (Å²) in [5.41, 5.74) is 3.63. The molecule has 0 bridgehead atoms. The van der Waals surface area contributed by atoms with Crippen LogP contribution in [-0.2, 0) is 7.05 Å². The van der Waals surface area contributed by atoms with Gasteiger partial charge < -0.3 is 23.5 Å². The highest BCUT2D eigenvalue weighted by atomic mass is 16.5. The Morgan fingerprint density at radius 2 is 1.38 bits per heavy atom. The van der Waals surface area contributed by atoms with Gasteiger partial charge in [-0.1, -0.05) is 0 Å². The van der Waals surface area contributed by atoms with Gasteiger partial charge in [-0.2, -0.15) is 0 Å². The van der Waals surface area contributed by atoms with E-state index in [-0.39, 0.29) is 0 Å². The monoisotopic (exact) mass is 354 g/mol. The maximum absolute atomic E-state index is 5.60. The second-order valence-corrected chi connectivity index (χ2v) is 5.69. The second kappa shape index (κ2) is 7.39. The number of hydrogen-bond donors (Lipinski definition) is 0. The summed E-state index contributed by atoms with van der Waals surface area (Å²) < 4.78 is 23.6. The van der Waals surface area contributed by atoms with Gasteiger partial charge >= 0.3 is 0 Å². The summed E-state index contributed by atoms with van der Waals surface area (Å²) in [5.74, 6) is 2.72. The van der Waals surface area contributed by atoms with E-state index < -0.39 is 0 Å². The molecule has 0 aliphatic carbocycles. The van der Waals surface area contributed by atoms with Crippen LogP contribution in [0.4, 0.5) is 0 Å². The van der Waals surface area contributed by atoms with Crippen LogP contribution in [0.15, 0.2) is 42.7 Å². The van der Waals surface area contributed by atoms with Crippen LogP contribution < -0.4 is 18.9 Å². The molecule has 0 saturated carbocycles. The molecule has 0 aliphatic heterocycles. The first kappa shape index (κ1) is 17.7. The minimum atomic E-state index is 0.612. The molecule has 3 rings (SSSR count). The van der Waals surface area contributed by atoms with Crippen molar-refractivity contribution in [2.45, 2.75) is 0 Å². The molecule has 0 aliphatic rings. The average molecular weight is 354 g/mol. The van der Waals surface area contributed by atoms with E-state index in [2.05, 4.69) is 4.98 Å². The van der Waals surface area contributed by atoms with Gasteiger partial charge in [0.05, 0.1) is 46.2 Å². The van der Waals surface area contributed by atoms with Crippen LogP contribution in [0.5, 0.6) is 23.0 Å². The van der Waals surface area contributed by atoms with Gasteiger partial charge in [0.2, 0.25) is 0 Å². The van der Waals surface area contributed by atoms with Gasteiger partial charge in [-0.25, -0.2) is 4.98 Å². The number of imidazole rings is 1. The van der Waals surface area contributed by atoms with Gasteiger partial charge in [0, 0.05) is 24.2 Å². The van der Waals surface area contributed by atoms with E-state index in [1.807, 2.05) is 48.0 Å². The van der Waals surface area contributed by atoms with Crippen LogP contribution in [-0.4, -0.2) is 38.0 Å². The van der Waals surface area contributed by atoms with Crippen molar-refractivity contribution >= 4 is 0 Å². The lowest BCUT2D eigenvalue weighted by Gasteiger charge is -2.15.